The van der Waals surface area contributed by atoms with Crippen molar-refractivity contribution in [2.24, 2.45) is 0 Å². The molecule has 4 rings (SSSR count). The molecule has 0 radical (unpaired) electrons. The SMILES string of the molecule is CCOc1ccc(-n2c(SCC(=O)N[C@H](C)c3ccccc3)nnc2-c2ccc(OC)cc2)cc1. The van der Waals surface area contributed by atoms with Crippen molar-refractivity contribution in [1.29, 1.82) is 0 Å². The predicted octanol–water partition coefficient (Wildman–Crippen LogP) is 5.31. The minimum Gasteiger partial charge on any atom is -0.497 e. The number of nitrogens with one attached hydrogen (secondary N) is 1. The lowest BCUT2D eigenvalue weighted by molar-refractivity contribution is -0.119. The summed E-state index contributed by atoms with van der Waals surface area (Å²) in [6, 6.07) is 25.2. The number of thioether (sulfide) groups is 1. The Morgan fingerprint density at radius 3 is 2.31 bits per heavy atom. The van der Waals surface area contributed by atoms with Crippen LogP contribution in [0.4, 0.5) is 0 Å². The van der Waals surface area contributed by atoms with Gasteiger partial charge in [0.2, 0.25) is 5.91 Å². The highest BCUT2D eigenvalue weighted by Crippen LogP contribution is 2.30. The Kier molecular flexibility index (Phi) is 8.05. The number of carbonyl (C=O) groups is 1. The van der Waals surface area contributed by atoms with Crippen LogP contribution in [0.3, 0.4) is 0 Å². The number of hydrogen-bond acceptors (Lipinski definition) is 6. The van der Waals surface area contributed by atoms with Gasteiger partial charge in [-0.1, -0.05) is 42.1 Å². The monoisotopic (exact) mass is 488 g/mol. The van der Waals surface area contributed by atoms with Crippen LogP contribution in [0.25, 0.3) is 17.1 Å². The molecule has 4 aromatic rings. The molecule has 0 aliphatic rings. The van der Waals surface area contributed by atoms with Crippen LogP contribution in [0.5, 0.6) is 11.5 Å². The highest BCUT2D eigenvalue weighted by atomic mass is 32.2. The van der Waals surface area contributed by atoms with Crippen molar-refractivity contribution in [2.75, 3.05) is 19.5 Å². The molecule has 8 heteroatoms. The molecule has 0 aliphatic carbocycles. The van der Waals surface area contributed by atoms with Crippen LogP contribution in [0, 0.1) is 0 Å². The van der Waals surface area contributed by atoms with E-state index >= 15 is 0 Å². The summed E-state index contributed by atoms with van der Waals surface area (Å²) in [6.45, 7) is 4.52. The Morgan fingerprint density at radius 2 is 1.66 bits per heavy atom. The molecule has 1 N–H and O–H groups in total. The smallest absolute Gasteiger partial charge is 0.230 e. The number of hydrogen-bond donors (Lipinski definition) is 1. The predicted molar refractivity (Wildman–Crippen MR) is 138 cm³/mol. The van der Waals surface area contributed by atoms with Crippen LogP contribution in [-0.4, -0.2) is 40.1 Å². The second-order valence-electron chi connectivity index (χ2n) is 7.79. The Balaban J connectivity index is 1.57. The van der Waals surface area contributed by atoms with E-state index in [-0.39, 0.29) is 17.7 Å². The van der Waals surface area contributed by atoms with Gasteiger partial charge in [0.1, 0.15) is 11.5 Å². The van der Waals surface area contributed by atoms with Crippen LogP contribution in [0.1, 0.15) is 25.5 Å². The van der Waals surface area contributed by atoms with Gasteiger partial charge in [0.05, 0.1) is 25.5 Å². The number of amides is 1. The minimum absolute atomic E-state index is 0.0707. The number of nitrogens with zero attached hydrogens (tertiary/aromatic N) is 3. The zero-order chi connectivity index (χ0) is 24.6. The largest absolute Gasteiger partial charge is 0.497 e. The van der Waals surface area contributed by atoms with Gasteiger partial charge in [-0.25, -0.2) is 0 Å². The molecule has 0 bridgehead atoms. The maximum Gasteiger partial charge on any atom is 0.230 e. The fraction of sp³-hybridized carbons (Fsp3) is 0.222. The fourth-order valence-electron chi connectivity index (χ4n) is 3.62. The van der Waals surface area contributed by atoms with E-state index in [1.54, 1.807) is 7.11 Å². The highest BCUT2D eigenvalue weighted by molar-refractivity contribution is 7.99. The normalized spacial score (nSPS) is 11.6. The fourth-order valence-corrected chi connectivity index (χ4v) is 4.38. The third kappa shape index (κ3) is 6.02. The molecule has 35 heavy (non-hydrogen) atoms. The van der Waals surface area contributed by atoms with Gasteiger partial charge in [-0.05, 0) is 67.9 Å². The van der Waals surface area contributed by atoms with E-state index in [0.717, 1.165) is 28.3 Å². The van der Waals surface area contributed by atoms with Crippen molar-refractivity contribution in [2.45, 2.75) is 25.0 Å². The van der Waals surface area contributed by atoms with Crippen molar-refractivity contribution in [3.8, 4) is 28.6 Å². The number of aromatic nitrogens is 3. The van der Waals surface area contributed by atoms with Crippen LogP contribution >= 0.6 is 11.8 Å². The summed E-state index contributed by atoms with van der Waals surface area (Å²) in [4.78, 5) is 12.7. The van der Waals surface area contributed by atoms with Crippen LogP contribution in [-0.2, 0) is 4.79 Å². The molecule has 0 aliphatic heterocycles. The van der Waals surface area contributed by atoms with E-state index in [2.05, 4.69) is 15.5 Å². The summed E-state index contributed by atoms with van der Waals surface area (Å²) in [5, 5.41) is 12.5. The Bertz CT molecular complexity index is 1240. The van der Waals surface area contributed by atoms with E-state index in [1.807, 2.05) is 97.3 Å². The lowest BCUT2D eigenvalue weighted by atomic mass is 10.1. The lowest BCUT2D eigenvalue weighted by Gasteiger charge is -2.14. The first kappa shape index (κ1) is 24.3. The molecular formula is C27H28N4O3S. The molecule has 3 aromatic carbocycles. The first-order valence-electron chi connectivity index (χ1n) is 11.4. The summed E-state index contributed by atoms with van der Waals surface area (Å²) in [5.41, 5.74) is 2.83. The van der Waals surface area contributed by atoms with Gasteiger partial charge in [-0.2, -0.15) is 0 Å². The van der Waals surface area contributed by atoms with E-state index < -0.39 is 0 Å². The van der Waals surface area contributed by atoms with Crippen molar-refractivity contribution < 1.29 is 14.3 Å². The van der Waals surface area contributed by atoms with Gasteiger partial charge in [-0.15, -0.1) is 10.2 Å². The molecule has 7 nitrogen and oxygen atoms in total. The van der Waals surface area contributed by atoms with Gasteiger partial charge in [-0.3, -0.25) is 9.36 Å². The van der Waals surface area contributed by atoms with Crippen molar-refractivity contribution in [1.82, 2.24) is 20.1 Å². The average Bonchev–Trinajstić information content (AvgIpc) is 3.32. The quantitative estimate of drug-likeness (QED) is 0.305. The highest BCUT2D eigenvalue weighted by Gasteiger charge is 2.18. The molecule has 0 unspecified atom stereocenters. The lowest BCUT2D eigenvalue weighted by Crippen LogP contribution is -2.28. The third-order valence-corrected chi connectivity index (χ3v) is 6.33. The molecule has 1 aromatic heterocycles. The van der Waals surface area contributed by atoms with E-state index in [4.69, 9.17) is 9.47 Å². The first-order chi connectivity index (χ1) is 17.1. The average molecular weight is 489 g/mol. The molecule has 0 saturated heterocycles. The Labute approximate surface area is 209 Å². The number of benzene rings is 3. The van der Waals surface area contributed by atoms with Crippen molar-refractivity contribution in [3.63, 3.8) is 0 Å². The van der Waals surface area contributed by atoms with Gasteiger partial charge in [0, 0.05) is 11.3 Å². The molecule has 1 heterocycles. The standard InChI is InChI=1S/C27H28N4O3S/c1-4-34-24-16-12-22(13-17-24)31-26(21-10-14-23(33-3)15-11-21)29-30-27(31)35-18-25(32)28-19(2)20-8-6-5-7-9-20/h5-17,19H,4,18H2,1-3H3,(H,28,32)/t19-/m1/s1. The summed E-state index contributed by atoms with van der Waals surface area (Å²) in [5.74, 6) is 2.38. The van der Waals surface area contributed by atoms with Gasteiger partial charge in [0.15, 0.2) is 11.0 Å². The van der Waals surface area contributed by atoms with Crippen molar-refractivity contribution >= 4 is 17.7 Å². The van der Waals surface area contributed by atoms with Crippen LogP contribution in [0.2, 0.25) is 0 Å². The number of ether oxygens (including phenoxy) is 2. The number of carbonyl (C=O) groups excluding carboxylic acids is 1. The molecule has 180 valence electrons. The Hall–Kier alpha value is -3.78. The molecule has 0 fully saturated rings. The van der Waals surface area contributed by atoms with Crippen LogP contribution < -0.4 is 14.8 Å². The summed E-state index contributed by atoms with van der Waals surface area (Å²) >= 11 is 1.35. The summed E-state index contributed by atoms with van der Waals surface area (Å²) in [7, 11) is 1.63. The van der Waals surface area contributed by atoms with Gasteiger partial charge < -0.3 is 14.8 Å². The minimum atomic E-state index is -0.0804. The van der Waals surface area contributed by atoms with Gasteiger partial charge in [0.25, 0.3) is 0 Å². The van der Waals surface area contributed by atoms with Crippen molar-refractivity contribution in [3.05, 3.63) is 84.4 Å². The Morgan fingerprint density at radius 1 is 0.971 bits per heavy atom. The first-order valence-corrected chi connectivity index (χ1v) is 12.4. The molecule has 1 atom stereocenters. The zero-order valence-electron chi connectivity index (χ0n) is 20.0. The second kappa shape index (κ2) is 11.6. The molecule has 0 spiro atoms. The van der Waals surface area contributed by atoms with E-state index in [1.165, 1.54) is 11.8 Å². The van der Waals surface area contributed by atoms with Crippen LogP contribution in [0.15, 0.2) is 84.0 Å². The molecule has 1 amide bonds. The zero-order valence-corrected chi connectivity index (χ0v) is 20.8. The third-order valence-electron chi connectivity index (χ3n) is 5.40. The topological polar surface area (TPSA) is 78.3 Å². The van der Waals surface area contributed by atoms with Gasteiger partial charge >= 0.3 is 0 Å². The van der Waals surface area contributed by atoms with E-state index in [0.29, 0.717) is 17.6 Å². The molecular weight excluding hydrogens is 460 g/mol. The molecule has 0 saturated carbocycles. The maximum absolute atomic E-state index is 12.7. The maximum atomic E-state index is 12.7. The summed E-state index contributed by atoms with van der Waals surface area (Å²) < 4.78 is 12.8. The number of methoxy groups -OCH3 is 1. The second-order valence-corrected chi connectivity index (χ2v) is 8.73. The number of rotatable bonds is 10. The van der Waals surface area contributed by atoms with E-state index in [9.17, 15) is 4.79 Å². The summed E-state index contributed by atoms with van der Waals surface area (Å²) in [6.07, 6.45) is 0.